The number of nitrogens with one attached hydrogen (secondary N) is 1. The fourth-order valence-electron chi connectivity index (χ4n) is 4.33. The Balaban J connectivity index is 1.37. The van der Waals surface area contributed by atoms with E-state index in [0.717, 1.165) is 23.5 Å². The average Bonchev–Trinajstić information content (AvgIpc) is 2.80. The molecular weight excluding hydrogens is 434 g/mol. The topological polar surface area (TPSA) is 50.7 Å². The van der Waals surface area contributed by atoms with E-state index in [-0.39, 0.29) is 11.6 Å². The van der Waals surface area contributed by atoms with Crippen molar-refractivity contribution in [2.24, 2.45) is 0 Å². The van der Waals surface area contributed by atoms with Crippen molar-refractivity contribution < 1.29 is 14.6 Å². The van der Waals surface area contributed by atoms with Gasteiger partial charge in [-0.1, -0.05) is 60.1 Å². The third kappa shape index (κ3) is 6.08. The van der Waals surface area contributed by atoms with Crippen LogP contribution >= 0.6 is 11.6 Å². The minimum atomic E-state index is -0.625. The van der Waals surface area contributed by atoms with Crippen molar-refractivity contribution in [1.29, 1.82) is 0 Å². The van der Waals surface area contributed by atoms with E-state index in [1.165, 1.54) is 11.1 Å². The van der Waals surface area contributed by atoms with Gasteiger partial charge in [0, 0.05) is 35.2 Å². The van der Waals surface area contributed by atoms with Gasteiger partial charge in [0.15, 0.2) is 0 Å². The lowest BCUT2D eigenvalue weighted by molar-refractivity contribution is 0.0769. The zero-order valence-electron chi connectivity index (χ0n) is 19.4. The number of fused-ring (bicyclic) bond motifs is 1. The lowest BCUT2D eigenvalue weighted by Gasteiger charge is -2.38. The molecule has 33 heavy (non-hydrogen) atoms. The maximum Gasteiger partial charge on any atom is 0.127 e. The molecule has 3 aromatic carbocycles. The SMILES string of the molecule is CC(COc1ccc2c(c1)OC(C)(C)CC2c1ccccc1)NCC(O)c1cccc(Cl)c1. The van der Waals surface area contributed by atoms with Gasteiger partial charge in [-0.2, -0.15) is 0 Å². The van der Waals surface area contributed by atoms with Crippen LogP contribution in [0.3, 0.4) is 0 Å². The minimum Gasteiger partial charge on any atom is -0.492 e. The van der Waals surface area contributed by atoms with Crippen molar-refractivity contribution in [2.45, 2.75) is 50.9 Å². The van der Waals surface area contributed by atoms with Crippen molar-refractivity contribution in [2.75, 3.05) is 13.2 Å². The molecule has 0 spiro atoms. The molecule has 4 rings (SSSR count). The molecule has 174 valence electrons. The van der Waals surface area contributed by atoms with Crippen LogP contribution < -0.4 is 14.8 Å². The summed E-state index contributed by atoms with van der Waals surface area (Å²) >= 11 is 6.02. The van der Waals surface area contributed by atoms with Crippen LogP contribution in [-0.4, -0.2) is 29.9 Å². The highest BCUT2D eigenvalue weighted by atomic mass is 35.5. The maximum atomic E-state index is 10.4. The Morgan fingerprint density at radius 1 is 1.09 bits per heavy atom. The Labute approximate surface area is 201 Å². The van der Waals surface area contributed by atoms with Gasteiger partial charge in [-0.25, -0.2) is 0 Å². The molecule has 3 aromatic rings. The zero-order chi connectivity index (χ0) is 23.4. The second-order valence-electron chi connectivity index (χ2n) is 9.42. The Bertz CT molecular complexity index is 1070. The second-order valence-corrected chi connectivity index (χ2v) is 9.86. The molecule has 0 radical (unpaired) electrons. The first-order valence-corrected chi connectivity index (χ1v) is 11.9. The number of rotatable bonds is 8. The molecule has 0 fully saturated rings. The minimum absolute atomic E-state index is 0.0595. The van der Waals surface area contributed by atoms with Gasteiger partial charge in [0.2, 0.25) is 0 Å². The van der Waals surface area contributed by atoms with Crippen molar-refractivity contribution in [1.82, 2.24) is 5.32 Å². The molecular formula is C28H32ClNO3. The largest absolute Gasteiger partial charge is 0.492 e. The van der Waals surface area contributed by atoms with E-state index in [9.17, 15) is 5.11 Å². The third-order valence-corrected chi connectivity index (χ3v) is 6.27. The van der Waals surface area contributed by atoms with Gasteiger partial charge in [0.1, 0.15) is 23.7 Å². The van der Waals surface area contributed by atoms with Gasteiger partial charge in [0.25, 0.3) is 0 Å². The molecule has 0 aromatic heterocycles. The molecule has 0 amide bonds. The number of hydrogen-bond acceptors (Lipinski definition) is 4. The summed E-state index contributed by atoms with van der Waals surface area (Å²) in [5, 5.41) is 14.3. The summed E-state index contributed by atoms with van der Waals surface area (Å²) in [6, 6.07) is 24.1. The van der Waals surface area contributed by atoms with Crippen LogP contribution in [0.4, 0.5) is 0 Å². The lowest BCUT2D eigenvalue weighted by Crippen LogP contribution is -2.35. The smallest absolute Gasteiger partial charge is 0.127 e. The maximum absolute atomic E-state index is 10.4. The number of halogens is 1. The molecule has 3 unspecified atom stereocenters. The van der Waals surface area contributed by atoms with Crippen molar-refractivity contribution in [3.63, 3.8) is 0 Å². The monoisotopic (exact) mass is 465 g/mol. The summed E-state index contributed by atoms with van der Waals surface area (Å²) in [5.74, 6) is 1.96. The molecule has 3 atom stereocenters. The van der Waals surface area contributed by atoms with Crippen LogP contribution in [-0.2, 0) is 0 Å². The molecule has 2 N–H and O–H groups in total. The van der Waals surface area contributed by atoms with E-state index in [1.54, 1.807) is 12.1 Å². The fraction of sp³-hybridized carbons (Fsp3) is 0.357. The number of ether oxygens (including phenoxy) is 2. The number of aliphatic hydroxyl groups is 1. The molecule has 1 aliphatic heterocycles. The van der Waals surface area contributed by atoms with E-state index in [2.05, 4.69) is 55.6 Å². The van der Waals surface area contributed by atoms with E-state index < -0.39 is 6.10 Å². The van der Waals surface area contributed by atoms with Gasteiger partial charge >= 0.3 is 0 Å². The summed E-state index contributed by atoms with van der Waals surface area (Å²) in [6.07, 6.45) is 0.306. The van der Waals surface area contributed by atoms with Crippen LogP contribution in [0.2, 0.25) is 5.02 Å². The first-order valence-electron chi connectivity index (χ1n) is 11.5. The third-order valence-electron chi connectivity index (χ3n) is 6.04. The van der Waals surface area contributed by atoms with Crippen LogP contribution in [0.15, 0.2) is 72.8 Å². The van der Waals surface area contributed by atoms with Crippen LogP contribution in [0.1, 0.15) is 55.9 Å². The van der Waals surface area contributed by atoms with Gasteiger partial charge in [-0.05, 0) is 56.5 Å². The Morgan fingerprint density at radius 2 is 1.88 bits per heavy atom. The summed E-state index contributed by atoms with van der Waals surface area (Å²) in [6.45, 7) is 7.21. The summed E-state index contributed by atoms with van der Waals surface area (Å²) in [4.78, 5) is 0. The first-order chi connectivity index (χ1) is 15.8. The molecule has 4 nitrogen and oxygen atoms in total. The van der Waals surface area contributed by atoms with Crippen LogP contribution in [0.5, 0.6) is 11.5 Å². The van der Waals surface area contributed by atoms with E-state index in [1.807, 2.05) is 31.2 Å². The number of hydrogen-bond donors (Lipinski definition) is 2. The number of aliphatic hydroxyl groups excluding tert-OH is 1. The Kier molecular flexibility index (Phi) is 7.28. The average molecular weight is 466 g/mol. The zero-order valence-corrected chi connectivity index (χ0v) is 20.2. The van der Waals surface area contributed by atoms with Crippen molar-refractivity contribution in [3.05, 3.63) is 94.5 Å². The second kappa shape index (κ2) is 10.2. The Morgan fingerprint density at radius 3 is 2.64 bits per heavy atom. The van der Waals surface area contributed by atoms with E-state index in [0.29, 0.717) is 24.1 Å². The molecule has 5 heteroatoms. The normalized spacial score (nSPS) is 18.6. The predicted molar refractivity (Wildman–Crippen MR) is 133 cm³/mol. The van der Waals surface area contributed by atoms with Gasteiger partial charge in [0.05, 0.1) is 6.10 Å². The van der Waals surface area contributed by atoms with E-state index >= 15 is 0 Å². The van der Waals surface area contributed by atoms with Crippen LogP contribution in [0.25, 0.3) is 0 Å². The quantitative estimate of drug-likeness (QED) is 0.420. The molecule has 1 heterocycles. The van der Waals surface area contributed by atoms with Crippen molar-refractivity contribution >= 4 is 11.6 Å². The molecule has 0 aliphatic carbocycles. The molecule has 0 saturated carbocycles. The Hall–Kier alpha value is -2.53. The van der Waals surface area contributed by atoms with Crippen LogP contribution in [0, 0.1) is 0 Å². The highest BCUT2D eigenvalue weighted by Crippen LogP contribution is 2.45. The number of benzene rings is 3. The standard InChI is InChI=1S/C28H32ClNO3/c1-19(30-17-26(31)21-10-7-11-22(29)14-21)18-32-23-12-13-24-25(20-8-5-4-6-9-20)16-28(2,3)33-27(24)15-23/h4-15,19,25-26,30-31H,16-18H2,1-3H3. The summed E-state index contributed by atoms with van der Waals surface area (Å²) in [5.41, 5.74) is 3.05. The van der Waals surface area contributed by atoms with Gasteiger partial charge < -0.3 is 19.9 Å². The fourth-order valence-corrected chi connectivity index (χ4v) is 4.53. The highest BCUT2D eigenvalue weighted by molar-refractivity contribution is 6.30. The first kappa shape index (κ1) is 23.6. The summed E-state index contributed by atoms with van der Waals surface area (Å²) < 4.78 is 12.4. The van der Waals surface area contributed by atoms with Gasteiger partial charge in [-0.3, -0.25) is 0 Å². The summed E-state index contributed by atoms with van der Waals surface area (Å²) in [7, 11) is 0. The van der Waals surface area contributed by atoms with Gasteiger partial charge in [-0.15, -0.1) is 0 Å². The van der Waals surface area contributed by atoms with Crippen molar-refractivity contribution in [3.8, 4) is 11.5 Å². The highest BCUT2D eigenvalue weighted by Gasteiger charge is 2.34. The predicted octanol–water partition coefficient (Wildman–Crippen LogP) is 6.12. The molecule has 0 bridgehead atoms. The molecule has 0 saturated heterocycles. The lowest BCUT2D eigenvalue weighted by atomic mass is 9.80. The molecule has 1 aliphatic rings. The van der Waals surface area contributed by atoms with E-state index in [4.69, 9.17) is 21.1 Å².